The molecule has 1 amide bonds. The predicted octanol–water partition coefficient (Wildman–Crippen LogP) is 1.99. The summed E-state index contributed by atoms with van der Waals surface area (Å²) in [5.41, 5.74) is 0.238. The summed E-state index contributed by atoms with van der Waals surface area (Å²) < 4.78 is 50.9. The molecule has 2 saturated heterocycles. The molecule has 10 nitrogen and oxygen atoms in total. The molecule has 0 unspecified atom stereocenters. The predicted molar refractivity (Wildman–Crippen MR) is 149 cm³/mol. The van der Waals surface area contributed by atoms with Crippen LogP contribution in [0, 0.1) is 5.82 Å². The zero-order valence-electron chi connectivity index (χ0n) is 22.5. The molecule has 0 spiro atoms. The summed E-state index contributed by atoms with van der Waals surface area (Å²) in [6.45, 7) is 5.55. The van der Waals surface area contributed by atoms with Gasteiger partial charge in [-0.1, -0.05) is 18.2 Å². The van der Waals surface area contributed by atoms with Crippen molar-refractivity contribution in [3.05, 3.63) is 64.2 Å². The van der Waals surface area contributed by atoms with Gasteiger partial charge in [0.2, 0.25) is 15.5 Å². The molecule has 212 valence electrons. The quantitative estimate of drug-likeness (QED) is 0.474. The van der Waals surface area contributed by atoms with Crippen LogP contribution in [0.15, 0.2) is 52.3 Å². The van der Waals surface area contributed by atoms with Crippen LogP contribution in [0.2, 0.25) is 0 Å². The number of hydrogen-bond donors (Lipinski definition) is 0. The van der Waals surface area contributed by atoms with Gasteiger partial charge in [0.05, 0.1) is 21.8 Å². The van der Waals surface area contributed by atoms with Gasteiger partial charge in [0.25, 0.3) is 5.91 Å². The molecule has 0 N–H and O–H groups in total. The summed E-state index contributed by atoms with van der Waals surface area (Å²) in [7, 11) is -1.66. The monoisotopic (exact) mass is 569 g/mol. The lowest BCUT2D eigenvalue weighted by atomic mass is 10.0. The fourth-order valence-electron chi connectivity index (χ4n) is 5.73. The molecule has 3 aliphatic heterocycles. The Morgan fingerprint density at radius 3 is 2.35 bits per heavy atom. The van der Waals surface area contributed by atoms with Crippen molar-refractivity contribution >= 4 is 32.5 Å². The van der Waals surface area contributed by atoms with E-state index in [0.29, 0.717) is 30.0 Å². The zero-order chi connectivity index (χ0) is 28.2. The van der Waals surface area contributed by atoms with Crippen LogP contribution in [-0.4, -0.2) is 99.0 Å². The molecule has 4 heterocycles. The second kappa shape index (κ2) is 10.2. The molecule has 2 fully saturated rings. The van der Waals surface area contributed by atoms with Gasteiger partial charge in [-0.05, 0) is 32.2 Å². The van der Waals surface area contributed by atoms with E-state index >= 15 is 4.39 Å². The maximum Gasteiger partial charge on any atom is 0.259 e. The molecule has 12 heteroatoms. The number of likely N-dealkylation sites (N-methyl/N-ethyl adjacent to an activating group) is 1. The first-order valence-corrected chi connectivity index (χ1v) is 14.9. The number of carbonyl (C=O) groups excluding carboxylic acids is 1. The summed E-state index contributed by atoms with van der Waals surface area (Å²) >= 11 is 0. The highest BCUT2D eigenvalue weighted by Crippen LogP contribution is 2.42. The third kappa shape index (κ3) is 4.43. The Labute approximate surface area is 232 Å². The van der Waals surface area contributed by atoms with Crippen LogP contribution in [0.1, 0.15) is 23.3 Å². The molecule has 1 atom stereocenters. The molecule has 3 aliphatic rings. The topological polar surface area (TPSA) is 95.4 Å². The lowest BCUT2D eigenvalue weighted by Crippen LogP contribution is -2.51. The van der Waals surface area contributed by atoms with Crippen LogP contribution in [0.5, 0.6) is 5.75 Å². The highest BCUT2D eigenvalue weighted by molar-refractivity contribution is 7.89. The number of carbonyl (C=O) groups is 1. The number of amides is 1. The van der Waals surface area contributed by atoms with Crippen LogP contribution in [-0.2, 0) is 10.0 Å². The number of aromatic nitrogens is 1. The van der Waals surface area contributed by atoms with Gasteiger partial charge in [-0.25, -0.2) is 12.8 Å². The maximum atomic E-state index is 15.6. The second-order valence-electron chi connectivity index (χ2n) is 10.7. The number of nitrogens with zero attached hydrogens (tertiary/aromatic N) is 5. The van der Waals surface area contributed by atoms with Gasteiger partial charge >= 0.3 is 0 Å². The second-order valence-corrected chi connectivity index (χ2v) is 12.6. The van der Waals surface area contributed by atoms with Crippen molar-refractivity contribution < 1.29 is 22.3 Å². The average molecular weight is 570 g/mol. The van der Waals surface area contributed by atoms with E-state index in [1.165, 1.54) is 15.3 Å². The first kappa shape index (κ1) is 26.7. The van der Waals surface area contributed by atoms with E-state index in [1.54, 1.807) is 36.5 Å². The van der Waals surface area contributed by atoms with Crippen molar-refractivity contribution in [1.29, 1.82) is 0 Å². The Morgan fingerprint density at radius 2 is 1.68 bits per heavy atom. The van der Waals surface area contributed by atoms with Crippen LogP contribution in [0.3, 0.4) is 0 Å². The van der Waals surface area contributed by atoms with Gasteiger partial charge < -0.3 is 24.0 Å². The van der Waals surface area contributed by atoms with Crippen LogP contribution >= 0.6 is 0 Å². The van der Waals surface area contributed by atoms with E-state index in [1.807, 2.05) is 23.4 Å². The maximum absolute atomic E-state index is 15.6. The molecule has 6 rings (SSSR count). The normalized spacial score (nSPS) is 20.5. The Balaban J connectivity index is 1.32. The first-order chi connectivity index (χ1) is 19.2. The van der Waals surface area contributed by atoms with Crippen molar-refractivity contribution in [3.8, 4) is 5.75 Å². The van der Waals surface area contributed by atoms with E-state index in [4.69, 9.17) is 4.74 Å². The molecule has 0 radical (unpaired) electrons. The van der Waals surface area contributed by atoms with E-state index in [2.05, 4.69) is 4.90 Å². The van der Waals surface area contributed by atoms with Crippen LogP contribution in [0.25, 0.3) is 10.9 Å². The number of rotatable bonds is 4. The van der Waals surface area contributed by atoms with Gasteiger partial charge in [-0.3, -0.25) is 9.59 Å². The number of benzene rings is 2. The fraction of sp³-hybridized carbons (Fsp3) is 0.429. The minimum absolute atomic E-state index is 0.0571. The van der Waals surface area contributed by atoms with Crippen LogP contribution < -0.4 is 15.1 Å². The molecule has 2 aromatic carbocycles. The van der Waals surface area contributed by atoms with Crippen LogP contribution in [0.4, 0.5) is 10.1 Å². The summed E-state index contributed by atoms with van der Waals surface area (Å²) in [5.74, 6) is -0.695. The van der Waals surface area contributed by atoms with Gasteiger partial charge in [0.1, 0.15) is 17.9 Å². The third-order valence-corrected chi connectivity index (χ3v) is 10.0. The Hall–Kier alpha value is -3.48. The summed E-state index contributed by atoms with van der Waals surface area (Å²) in [6.07, 6.45) is 1.56. The average Bonchev–Trinajstić information content (AvgIpc) is 2.96. The smallest absolute Gasteiger partial charge is 0.259 e. The number of anilines is 1. The third-order valence-electron chi connectivity index (χ3n) is 8.10. The fourth-order valence-corrected chi connectivity index (χ4v) is 7.18. The van der Waals surface area contributed by atoms with Gasteiger partial charge in [0, 0.05) is 58.6 Å². The minimum Gasteiger partial charge on any atom is -0.487 e. The summed E-state index contributed by atoms with van der Waals surface area (Å²) in [5, 5.41) is 0.105. The van der Waals surface area contributed by atoms with Crippen molar-refractivity contribution in [1.82, 2.24) is 18.7 Å². The van der Waals surface area contributed by atoms with Crippen molar-refractivity contribution in [2.45, 2.75) is 17.9 Å². The summed E-state index contributed by atoms with van der Waals surface area (Å²) in [6, 6.07) is 9.22. The largest absolute Gasteiger partial charge is 0.487 e. The highest BCUT2D eigenvalue weighted by Gasteiger charge is 2.34. The number of piperazine rings is 2. The molecule has 1 aromatic heterocycles. The summed E-state index contributed by atoms with van der Waals surface area (Å²) in [4.78, 5) is 33.1. The molecular formula is C28H32FN5O5S. The van der Waals surface area contributed by atoms with Gasteiger partial charge in [-0.15, -0.1) is 0 Å². The van der Waals surface area contributed by atoms with Gasteiger partial charge in [-0.2, -0.15) is 4.31 Å². The van der Waals surface area contributed by atoms with Gasteiger partial charge in [0.15, 0.2) is 11.6 Å². The lowest BCUT2D eigenvalue weighted by Gasteiger charge is -2.37. The van der Waals surface area contributed by atoms with E-state index in [9.17, 15) is 18.0 Å². The lowest BCUT2D eigenvalue weighted by molar-refractivity contribution is 0.0695. The zero-order valence-corrected chi connectivity index (χ0v) is 23.4. The Morgan fingerprint density at radius 1 is 1.00 bits per heavy atom. The van der Waals surface area contributed by atoms with E-state index < -0.39 is 27.2 Å². The number of sulfonamides is 1. The van der Waals surface area contributed by atoms with E-state index in [0.717, 1.165) is 13.1 Å². The minimum atomic E-state index is -3.68. The first-order valence-electron chi connectivity index (χ1n) is 13.5. The Kier molecular flexibility index (Phi) is 6.79. The van der Waals surface area contributed by atoms with E-state index in [-0.39, 0.29) is 54.7 Å². The number of ether oxygens (including phenoxy) is 1. The SMILES string of the molecule is C[C@@H]1COc2c(N3CCN(C)CC3)c(F)cc3c(=O)c(C(=O)N4CCN(S(=O)(=O)c5ccccc5)CC4)cn1c23. The molecule has 0 saturated carbocycles. The van der Waals surface area contributed by atoms with Crippen molar-refractivity contribution in [3.63, 3.8) is 0 Å². The number of pyridine rings is 1. The molecule has 3 aromatic rings. The standard InChI is InChI=1S/C28H32FN5O5S/c1-19-18-39-27-24-21(16-23(29)25(27)31-10-8-30(2)9-11-31)26(35)22(17-34(19)24)28(36)32-12-14-33(15-13-32)40(37,38)20-6-4-3-5-7-20/h3-7,16-17,19H,8-15,18H2,1-2H3/t19-/m1/s1. The molecule has 0 bridgehead atoms. The molecule has 40 heavy (non-hydrogen) atoms. The van der Waals surface area contributed by atoms with Crippen molar-refractivity contribution in [2.24, 2.45) is 0 Å². The molecule has 0 aliphatic carbocycles. The Bertz CT molecular complexity index is 1630. The highest BCUT2D eigenvalue weighted by atomic mass is 32.2. The number of hydrogen-bond acceptors (Lipinski definition) is 7. The number of halogens is 1. The molecular weight excluding hydrogens is 537 g/mol. The van der Waals surface area contributed by atoms with Crippen molar-refractivity contribution in [2.75, 3.05) is 70.9 Å².